The SMILES string of the molecule is CC(C)(C)C1(OC(=O)Cc2ccc(Cn3nc(-c4ccccc4)ccc3=O)cc2)CCCC1. The van der Waals surface area contributed by atoms with E-state index in [0.29, 0.717) is 6.54 Å². The van der Waals surface area contributed by atoms with Gasteiger partial charge in [-0.25, -0.2) is 4.68 Å². The lowest BCUT2D eigenvalue weighted by Gasteiger charge is -2.41. The normalized spacial score (nSPS) is 15.4. The van der Waals surface area contributed by atoms with Crippen LogP contribution >= 0.6 is 0 Å². The van der Waals surface area contributed by atoms with Crippen LogP contribution in [0.5, 0.6) is 0 Å². The Morgan fingerprint density at radius 2 is 1.58 bits per heavy atom. The predicted octanol–water partition coefficient (Wildman–Crippen LogP) is 5.40. The Hall–Kier alpha value is -3.21. The fourth-order valence-corrected chi connectivity index (χ4v) is 4.63. The number of ether oxygens (including phenoxy) is 1. The van der Waals surface area contributed by atoms with Crippen LogP contribution in [0.3, 0.4) is 0 Å². The maximum Gasteiger partial charge on any atom is 0.310 e. The Morgan fingerprint density at radius 3 is 2.21 bits per heavy atom. The second-order valence-corrected chi connectivity index (χ2v) is 10.00. The monoisotopic (exact) mass is 444 g/mol. The lowest BCUT2D eigenvalue weighted by Crippen LogP contribution is -2.44. The smallest absolute Gasteiger partial charge is 0.310 e. The van der Waals surface area contributed by atoms with Crippen molar-refractivity contribution in [1.82, 2.24) is 9.78 Å². The Labute approximate surface area is 195 Å². The summed E-state index contributed by atoms with van der Waals surface area (Å²) in [4.78, 5) is 25.1. The molecule has 0 bridgehead atoms. The molecule has 0 spiro atoms. The van der Waals surface area contributed by atoms with Gasteiger partial charge in [-0.15, -0.1) is 0 Å². The lowest BCUT2D eigenvalue weighted by atomic mass is 9.75. The van der Waals surface area contributed by atoms with Crippen molar-refractivity contribution in [2.45, 2.75) is 65.0 Å². The Kier molecular flexibility index (Phi) is 6.50. The first-order valence-electron chi connectivity index (χ1n) is 11.7. The van der Waals surface area contributed by atoms with Crippen molar-refractivity contribution in [2.24, 2.45) is 5.41 Å². The van der Waals surface area contributed by atoms with E-state index in [4.69, 9.17) is 4.74 Å². The van der Waals surface area contributed by atoms with Gasteiger partial charge in [0.15, 0.2) is 0 Å². The first-order valence-corrected chi connectivity index (χ1v) is 11.7. The van der Waals surface area contributed by atoms with Gasteiger partial charge in [-0.1, -0.05) is 75.4 Å². The van der Waals surface area contributed by atoms with Crippen molar-refractivity contribution < 1.29 is 9.53 Å². The van der Waals surface area contributed by atoms with Crippen molar-refractivity contribution in [1.29, 1.82) is 0 Å². The van der Waals surface area contributed by atoms with Gasteiger partial charge in [-0.05, 0) is 42.9 Å². The Balaban J connectivity index is 1.43. The molecule has 33 heavy (non-hydrogen) atoms. The molecule has 5 nitrogen and oxygen atoms in total. The fraction of sp³-hybridized carbons (Fsp3) is 0.393. The fourth-order valence-electron chi connectivity index (χ4n) is 4.63. The van der Waals surface area contributed by atoms with Crippen LogP contribution in [-0.4, -0.2) is 21.4 Å². The summed E-state index contributed by atoms with van der Waals surface area (Å²) in [5.74, 6) is -0.173. The number of benzene rings is 2. The van der Waals surface area contributed by atoms with E-state index in [9.17, 15) is 9.59 Å². The standard InChI is InChI=1S/C28H32N2O3/c1-27(2,3)28(17-7-8-18-28)33-26(32)19-21-11-13-22(14-12-21)20-30-25(31)16-15-24(29-30)23-9-5-4-6-10-23/h4-6,9-16H,7-8,17-20H2,1-3H3. The van der Waals surface area contributed by atoms with Crippen LogP contribution in [0.25, 0.3) is 11.3 Å². The van der Waals surface area contributed by atoms with Crippen LogP contribution in [0.1, 0.15) is 57.6 Å². The van der Waals surface area contributed by atoms with E-state index < -0.39 is 0 Å². The summed E-state index contributed by atoms with van der Waals surface area (Å²) >= 11 is 0. The second kappa shape index (κ2) is 9.34. The molecule has 0 amide bonds. The minimum absolute atomic E-state index is 0.0719. The largest absolute Gasteiger partial charge is 0.458 e. The number of carbonyl (C=O) groups is 1. The van der Waals surface area contributed by atoms with E-state index in [2.05, 4.69) is 25.9 Å². The molecule has 5 heteroatoms. The van der Waals surface area contributed by atoms with Crippen LogP contribution in [0, 0.1) is 5.41 Å². The molecule has 0 N–H and O–H groups in total. The third kappa shape index (κ3) is 5.24. The molecule has 4 rings (SSSR count). The van der Waals surface area contributed by atoms with E-state index in [1.165, 1.54) is 4.68 Å². The molecule has 0 saturated heterocycles. The molecule has 172 valence electrons. The molecule has 1 heterocycles. The predicted molar refractivity (Wildman–Crippen MR) is 130 cm³/mol. The van der Waals surface area contributed by atoms with E-state index >= 15 is 0 Å². The number of aromatic nitrogens is 2. The maximum absolute atomic E-state index is 12.7. The third-order valence-electron chi connectivity index (χ3n) is 6.73. The number of carbonyl (C=O) groups excluding carboxylic acids is 1. The number of nitrogens with zero attached hydrogens (tertiary/aromatic N) is 2. The molecule has 0 aliphatic heterocycles. The van der Waals surface area contributed by atoms with Crippen LogP contribution in [-0.2, 0) is 22.5 Å². The molecule has 2 aromatic carbocycles. The highest BCUT2D eigenvalue weighted by molar-refractivity contribution is 5.73. The summed E-state index contributed by atoms with van der Waals surface area (Å²) in [6.45, 7) is 6.84. The molecular formula is C28H32N2O3. The van der Waals surface area contributed by atoms with Crippen molar-refractivity contribution in [3.8, 4) is 11.3 Å². The molecule has 0 unspecified atom stereocenters. The van der Waals surface area contributed by atoms with Gasteiger partial charge in [0, 0.05) is 17.0 Å². The number of esters is 1. The topological polar surface area (TPSA) is 61.2 Å². The van der Waals surface area contributed by atoms with Crippen molar-refractivity contribution in [2.75, 3.05) is 0 Å². The summed E-state index contributed by atoms with van der Waals surface area (Å²) in [7, 11) is 0. The number of hydrogen-bond acceptors (Lipinski definition) is 4. The quantitative estimate of drug-likeness (QED) is 0.478. The molecule has 1 fully saturated rings. The minimum atomic E-state index is -0.360. The number of rotatable bonds is 6. The van der Waals surface area contributed by atoms with Crippen LogP contribution in [0.2, 0.25) is 0 Å². The van der Waals surface area contributed by atoms with Crippen LogP contribution < -0.4 is 5.56 Å². The van der Waals surface area contributed by atoms with Gasteiger partial charge in [0.25, 0.3) is 5.56 Å². The zero-order chi connectivity index (χ0) is 23.5. The molecular weight excluding hydrogens is 412 g/mol. The van der Waals surface area contributed by atoms with Gasteiger partial charge >= 0.3 is 5.97 Å². The van der Waals surface area contributed by atoms with Gasteiger partial charge in [0.05, 0.1) is 18.7 Å². The first-order chi connectivity index (χ1) is 15.8. The second-order valence-electron chi connectivity index (χ2n) is 10.00. The molecule has 1 aliphatic rings. The summed E-state index contributed by atoms with van der Waals surface area (Å²) < 4.78 is 7.54. The van der Waals surface area contributed by atoms with E-state index in [1.54, 1.807) is 12.1 Å². The average molecular weight is 445 g/mol. The van der Waals surface area contributed by atoms with Gasteiger partial charge in [-0.2, -0.15) is 5.10 Å². The highest BCUT2D eigenvalue weighted by atomic mass is 16.6. The van der Waals surface area contributed by atoms with Gasteiger partial charge in [0.1, 0.15) is 5.60 Å². The van der Waals surface area contributed by atoms with Crippen molar-refractivity contribution >= 4 is 5.97 Å². The van der Waals surface area contributed by atoms with Crippen LogP contribution in [0.15, 0.2) is 71.5 Å². The van der Waals surface area contributed by atoms with Crippen LogP contribution in [0.4, 0.5) is 0 Å². The first kappa shape index (κ1) is 23.0. The van der Waals surface area contributed by atoms with Gasteiger partial charge < -0.3 is 4.74 Å². The summed E-state index contributed by atoms with van der Waals surface area (Å²) in [6.07, 6.45) is 4.34. The molecule has 0 radical (unpaired) electrons. The molecule has 1 saturated carbocycles. The Bertz CT molecular complexity index is 1150. The van der Waals surface area contributed by atoms with Crippen molar-refractivity contribution in [3.63, 3.8) is 0 Å². The summed E-state index contributed by atoms with van der Waals surface area (Å²) in [6, 6.07) is 20.8. The molecule has 1 aromatic heterocycles. The lowest BCUT2D eigenvalue weighted by molar-refractivity contribution is -0.171. The summed E-state index contributed by atoms with van der Waals surface area (Å²) in [5.41, 5.74) is 3.01. The average Bonchev–Trinajstić information content (AvgIpc) is 3.27. The molecule has 0 atom stereocenters. The maximum atomic E-state index is 12.7. The minimum Gasteiger partial charge on any atom is -0.458 e. The highest BCUT2D eigenvalue weighted by Gasteiger charge is 2.47. The Morgan fingerprint density at radius 1 is 0.939 bits per heavy atom. The van der Waals surface area contributed by atoms with E-state index in [1.807, 2.05) is 54.6 Å². The van der Waals surface area contributed by atoms with Crippen molar-refractivity contribution in [3.05, 3.63) is 88.2 Å². The summed E-state index contributed by atoms with van der Waals surface area (Å²) in [5, 5.41) is 4.53. The number of hydrogen-bond donors (Lipinski definition) is 0. The zero-order valence-corrected chi connectivity index (χ0v) is 19.7. The highest BCUT2D eigenvalue weighted by Crippen LogP contribution is 2.46. The van der Waals surface area contributed by atoms with Gasteiger partial charge in [-0.3, -0.25) is 9.59 Å². The molecule has 1 aliphatic carbocycles. The van der Waals surface area contributed by atoms with Gasteiger partial charge in [0.2, 0.25) is 0 Å². The van der Waals surface area contributed by atoms with E-state index in [0.717, 1.165) is 48.1 Å². The third-order valence-corrected chi connectivity index (χ3v) is 6.73. The zero-order valence-electron chi connectivity index (χ0n) is 19.7. The molecule has 3 aromatic rings. The van der Waals surface area contributed by atoms with E-state index in [-0.39, 0.29) is 29.0 Å².